The third-order valence-corrected chi connectivity index (χ3v) is 4.58. The molecule has 2 aromatic heterocycles. The van der Waals surface area contributed by atoms with Crippen LogP contribution in [-0.4, -0.2) is 46.4 Å². The second kappa shape index (κ2) is 6.83. The zero-order valence-corrected chi connectivity index (χ0v) is 16.0. The molecule has 0 unspecified atom stereocenters. The van der Waals surface area contributed by atoms with Gasteiger partial charge in [-0.05, 0) is 25.5 Å². The number of fused-ring (bicyclic) bond motifs is 2. The Morgan fingerprint density at radius 1 is 1.22 bits per heavy atom. The number of benzene rings is 1. The molecule has 0 saturated carbocycles. The highest BCUT2D eigenvalue weighted by atomic mass is 16.2. The van der Waals surface area contributed by atoms with Crippen LogP contribution in [0.2, 0.25) is 0 Å². The Labute approximate surface area is 156 Å². The summed E-state index contributed by atoms with van der Waals surface area (Å²) in [7, 11) is 4.85. The fourth-order valence-electron chi connectivity index (χ4n) is 3.11. The number of hydrogen-bond donors (Lipinski definition) is 1. The molecule has 2 heterocycles. The second-order valence-electron chi connectivity index (χ2n) is 6.92. The molecule has 7 heteroatoms. The Morgan fingerprint density at radius 3 is 2.59 bits per heavy atom. The largest absolute Gasteiger partial charge is 0.347 e. The molecule has 0 radical (unpaired) electrons. The van der Waals surface area contributed by atoms with Crippen molar-refractivity contribution >= 4 is 33.6 Å². The van der Waals surface area contributed by atoms with E-state index in [4.69, 9.17) is 0 Å². The molecule has 0 spiro atoms. The number of carbonyl (C=O) groups is 2. The quantitative estimate of drug-likeness (QED) is 0.714. The third-order valence-electron chi connectivity index (χ3n) is 4.58. The lowest BCUT2D eigenvalue weighted by Gasteiger charge is -2.18. The monoisotopic (exact) mass is 366 g/mol. The number of amides is 2. The van der Waals surface area contributed by atoms with Crippen molar-refractivity contribution < 1.29 is 9.59 Å². The molecule has 3 aromatic rings. The number of nitrogens with one attached hydrogen (secondary N) is 1. The molecule has 7 nitrogen and oxygen atoms in total. The van der Waals surface area contributed by atoms with Crippen molar-refractivity contribution in [2.75, 3.05) is 14.1 Å². The van der Waals surface area contributed by atoms with Crippen molar-refractivity contribution in [2.45, 2.75) is 19.9 Å². The molecule has 2 amide bonds. The van der Waals surface area contributed by atoms with E-state index in [1.54, 1.807) is 34.1 Å². The Bertz CT molecular complexity index is 1130. The smallest absolute Gasteiger partial charge is 0.259 e. The van der Waals surface area contributed by atoms with Crippen molar-refractivity contribution in [3.63, 3.8) is 0 Å². The summed E-state index contributed by atoms with van der Waals surface area (Å²) in [6.07, 6.45) is 1.46. The fourth-order valence-corrected chi connectivity index (χ4v) is 3.11. The van der Waals surface area contributed by atoms with Crippen molar-refractivity contribution in [3.05, 3.63) is 51.9 Å². The van der Waals surface area contributed by atoms with Gasteiger partial charge in [-0.1, -0.05) is 18.2 Å². The van der Waals surface area contributed by atoms with E-state index in [0.29, 0.717) is 10.9 Å². The van der Waals surface area contributed by atoms with Gasteiger partial charge in [-0.3, -0.25) is 14.4 Å². The summed E-state index contributed by atoms with van der Waals surface area (Å²) < 4.78 is 1.36. The molecule has 27 heavy (non-hydrogen) atoms. The third kappa shape index (κ3) is 3.28. The number of carbonyl (C=O) groups excluding carboxylic acids is 2. The number of rotatable bonds is 3. The van der Waals surface area contributed by atoms with E-state index in [-0.39, 0.29) is 17.0 Å². The first-order chi connectivity index (χ1) is 12.7. The second-order valence-corrected chi connectivity index (χ2v) is 6.92. The highest BCUT2D eigenvalue weighted by Gasteiger charge is 2.21. The molecule has 0 bridgehead atoms. The van der Waals surface area contributed by atoms with Gasteiger partial charge in [-0.2, -0.15) is 0 Å². The fraction of sp³-hybridized carbons (Fsp3) is 0.300. The standard InChI is InChI=1S/C20H22N4O3/c1-11-7-6-8-13-9-14-17(22-16(11)13)15(10-24(5)20(14)27)18(25)21-12(2)19(26)23(3)4/h6-10,12H,1-5H3,(H,21,25)/t12-/m0/s1. The molecule has 0 aliphatic carbocycles. The van der Waals surface area contributed by atoms with Crippen molar-refractivity contribution in [1.29, 1.82) is 0 Å². The van der Waals surface area contributed by atoms with Crippen molar-refractivity contribution in [2.24, 2.45) is 7.05 Å². The summed E-state index contributed by atoms with van der Waals surface area (Å²) >= 11 is 0. The number of para-hydroxylation sites is 1. The Hall–Kier alpha value is -3.22. The van der Waals surface area contributed by atoms with Gasteiger partial charge in [0, 0.05) is 32.7 Å². The van der Waals surface area contributed by atoms with Crippen LogP contribution < -0.4 is 10.9 Å². The lowest BCUT2D eigenvalue weighted by molar-refractivity contribution is -0.130. The minimum absolute atomic E-state index is 0.216. The van der Waals surface area contributed by atoms with Gasteiger partial charge >= 0.3 is 0 Å². The highest BCUT2D eigenvalue weighted by molar-refractivity contribution is 6.08. The zero-order valence-electron chi connectivity index (χ0n) is 16.0. The lowest BCUT2D eigenvalue weighted by Crippen LogP contribution is -2.44. The predicted octanol–water partition coefficient (Wildman–Crippen LogP) is 1.60. The summed E-state index contributed by atoms with van der Waals surface area (Å²) in [6.45, 7) is 3.55. The first kappa shape index (κ1) is 18.6. The number of likely N-dealkylation sites (N-methyl/N-ethyl adjacent to an activating group) is 1. The van der Waals surface area contributed by atoms with E-state index in [9.17, 15) is 14.4 Å². The maximum Gasteiger partial charge on any atom is 0.259 e. The number of aromatic nitrogens is 2. The maximum absolute atomic E-state index is 12.8. The molecular weight excluding hydrogens is 344 g/mol. The van der Waals surface area contributed by atoms with Gasteiger partial charge < -0.3 is 14.8 Å². The number of aryl methyl sites for hydroxylation is 2. The van der Waals surface area contributed by atoms with Gasteiger partial charge in [0.2, 0.25) is 5.91 Å². The lowest BCUT2D eigenvalue weighted by atomic mass is 10.1. The SMILES string of the molecule is Cc1cccc2cc3c(=O)n(C)cc(C(=O)N[C@@H](C)C(=O)N(C)C)c3nc12. The highest BCUT2D eigenvalue weighted by Crippen LogP contribution is 2.22. The molecule has 0 aliphatic heterocycles. The average molecular weight is 366 g/mol. The predicted molar refractivity (Wildman–Crippen MR) is 105 cm³/mol. The topological polar surface area (TPSA) is 84.3 Å². The summed E-state index contributed by atoms with van der Waals surface area (Å²) in [5.41, 5.74) is 2.06. The minimum atomic E-state index is -0.693. The van der Waals surface area contributed by atoms with E-state index >= 15 is 0 Å². The number of hydrogen-bond acceptors (Lipinski definition) is 4. The number of nitrogens with zero attached hydrogens (tertiary/aromatic N) is 3. The van der Waals surface area contributed by atoms with Gasteiger partial charge in [0.25, 0.3) is 11.5 Å². The first-order valence-corrected chi connectivity index (χ1v) is 8.62. The van der Waals surface area contributed by atoms with Gasteiger partial charge in [-0.15, -0.1) is 0 Å². The average Bonchev–Trinajstić information content (AvgIpc) is 2.63. The van der Waals surface area contributed by atoms with E-state index in [1.807, 2.05) is 25.1 Å². The zero-order chi connectivity index (χ0) is 19.9. The molecule has 140 valence electrons. The van der Waals surface area contributed by atoms with Crippen LogP contribution >= 0.6 is 0 Å². The van der Waals surface area contributed by atoms with Gasteiger partial charge in [0.1, 0.15) is 6.04 Å². The van der Waals surface area contributed by atoms with Crippen molar-refractivity contribution in [3.8, 4) is 0 Å². The summed E-state index contributed by atoms with van der Waals surface area (Å²) in [6, 6.07) is 6.79. The van der Waals surface area contributed by atoms with Crippen LogP contribution in [0.3, 0.4) is 0 Å². The molecule has 0 saturated heterocycles. The van der Waals surface area contributed by atoms with E-state index in [1.165, 1.54) is 15.7 Å². The molecule has 1 atom stereocenters. The molecule has 1 N–H and O–H groups in total. The normalized spacial score (nSPS) is 12.2. The number of pyridine rings is 2. The van der Waals surface area contributed by atoms with Crippen LogP contribution in [-0.2, 0) is 11.8 Å². The maximum atomic E-state index is 12.8. The summed E-state index contributed by atoms with van der Waals surface area (Å²) in [5.74, 6) is -0.662. The minimum Gasteiger partial charge on any atom is -0.347 e. The Balaban J connectivity index is 2.19. The first-order valence-electron chi connectivity index (χ1n) is 8.62. The van der Waals surface area contributed by atoms with E-state index in [2.05, 4.69) is 10.3 Å². The Kier molecular flexibility index (Phi) is 4.70. The van der Waals surface area contributed by atoms with Crippen LogP contribution in [0.25, 0.3) is 21.8 Å². The Morgan fingerprint density at radius 2 is 1.93 bits per heavy atom. The van der Waals surface area contributed by atoms with Crippen LogP contribution in [0.1, 0.15) is 22.8 Å². The van der Waals surface area contributed by atoms with Crippen molar-refractivity contribution in [1.82, 2.24) is 19.8 Å². The summed E-state index contributed by atoms with van der Waals surface area (Å²) in [4.78, 5) is 43.5. The molecule has 3 rings (SSSR count). The molecule has 0 fully saturated rings. The van der Waals surface area contributed by atoms with Crippen LogP contribution in [0.5, 0.6) is 0 Å². The molecule has 0 aliphatic rings. The molecule has 1 aromatic carbocycles. The van der Waals surface area contributed by atoms with Gasteiger partial charge in [-0.25, -0.2) is 4.98 Å². The molecular formula is C20H22N4O3. The van der Waals surface area contributed by atoms with Gasteiger partial charge in [0.15, 0.2) is 0 Å². The van der Waals surface area contributed by atoms with Crippen LogP contribution in [0, 0.1) is 6.92 Å². The van der Waals surface area contributed by atoms with E-state index in [0.717, 1.165) is 16.5 Å². The van der Waals surface area contributed by atoms with Crippen LogP contribution in [0.15, 0.2) is 35.3 Å². The van der Waals surface area contributed by atoms with E-state index < -0.39 is 11.9 Å². The van der Waals surface area contributed by atoms with Gasteiger partial charge in [0.05, 0.1) is 22.0 Å². The van der Waals surface area contributed by atoms with Crippen LogP contribution in [0.4, 0.5) is 0 Å². The summed E-state index contributed by atoms with van der Waals surface area (Å²) in [5, 5.41) is 3.90.